The van der Waals surface area contributed by atoms with Crippen molar-refractivity contribution in [2.24, 2.45) is 4.99 Å². The van der Waals surface area contributed by atoms with Crippen molar-refractivity contribution in [3.8, 4) is 0 Å². The molecule has 0 atom stereocenters. The van der Waals surface area contributed by atoms with Crippen molar-refractivity contribution in [1.82, 2.24) is 9.80 Å². The van der Waals surface area contributed by atoms with Crippen LogP contribution >= 0.6 is 23.4 Å². The molecule has 2 heterocycles. The Balaban J connectivity index is 1.16. The Hall–Kier alpha value is -2.14. The Bertz CT molecular complexity index is 1060. The predicted molar refractivity (Wildman–Crippen MR) is 145 cm³/mol. The Morgan fingerprint density at radius 1 is 0.946 bits per heavy atom. The number of rotatable bonds is 12. The van der Waals surface area contributed by atoms with Gasteiger partial charge in [0.1, 0.15) is 12.4 Å². The molecule has 2 aromatic rings. The molecule has 1 saturated heterocycles. The van der Waals surface area contributed by atoms with E-state index in [4.69, 9.17) is 35.5 Å². The van der Waals surface area contributed by atoms with Crippen molar-refractivity contribution in [1.29, 1.82) is 0 Å². The van der Waals surface area contributed by atoms with Crippen LogP contribution in [0.15, 0.2) is 57.2 Å². The van der Waals surface area contributed by atoms with E-state index in [-0.39, 0.29) is 12.6 Å². The Morgan fingerprint density at radius 3 is 2.46 bits per heavy atom. The average Bonchev–Trinajstić information content (AvgIpc) is 3.07. The topological polar surface area (TPSA) is 72.8 Å². The Kier molecular flexibility index (Phi) is 11.1. The summed E-state index contributed by atoms with van der Waals surface area (Å²) in [5, 5.41) is 0.724. The number of nitrogens with zero attached hydrogens (tertiary/aromatic N) is 3. The molecule has 2 aliphatic heterocycles. The fourth-order valence-corrected chi connectivity index (χ4v) is 5.28. The summed E-state index contributed by atoms with van der Waals surface area (Å²) in [6, 6.07) is 14.3. The lowest BCUT2D eigenvalue weighted by molar-refractivity contribution is -0.149. The van der Waals surface area contributed by atoms with Gasteiger partial charge in [0.2, 0.25) is 0 Å². The highest BCUT2D eigenvalue weighted by Gasteiger charge is 2.25. The molecule has 0 amide bonds. The minimum atomic E-state index is -0.354. The van der Waals surface area contributed by atoms with E-state index in [2.05, 4.69) is 34.1 Å². The van der Waals surface area contributed by atoms with Gasteiger partial charge in [0.05, 0.1) is 45.3 Å². The number of aliphatic imine (C=N–C) groups is 1. The van der Waals surface area contributed by atoms with Crippen LogP contribution in [0.1, 0.15) is 12.5 Å². The minimum Gasteiger partial charge on any atom is -0.464 e. The van der Waals surface area contributed by atoms with Gasteiger partial charge in [-0.25, -0.2) is 9.79 Å². The summed E-state index contributed by atoms with van der Waals surface area (Å²) in [4.78, 5) is 23.4. The average molecular weight is 548 g/mol. The maximum absolute atomic E-state index is 11.2. The molecule has 2 aromatic carbocycles. The lowest BCUT2D eigenvalue weighted by Crippen LogP contribution is -2.49. The quantitative estimate of drug-likeness (QED) is 0.290. The number of para-hydroxylation sites is 1. The van der Waals surface area contributed by atoms with Crippen molar-refractivity contribution in [3.05, 3.63) is 53.1 Å². The first-order chi connectivity index (χ1) is 18.1. The number of benzene rings is 2. The number of ether oxygens (including phenoxy) is 4. The molecule has 0 N–H and O–H groups in total. The van der Waals surface area contributed by atoms with Crippen LogP contribution in [-0.2, 0) is 23.7 Å². The van der Waals surface area contributed by atoms with Gasteiger partial charge in [0, 0.05) is 53.1 Å². The van der Waals surface area contributed by atoms with Crippen molar-refractivity contribution in [3.63, 3.8) is 0 Å². The monoisotopic (exact) mass is 547 g/mol. The first-order valence-corrected chi connectivity index (χ1v) is 13.8. The van der Waals surface area contributed by atoms with Gasteiger partial charge in [-0.3, -0.25) is 4.90 Å². The summed E-state index contributed by atoms with van der Waals surface area (Å²) < 4.78 is 21.2. The van der Waals surface area contributed by atoms with Gasteiger partial charge in [-0.05, 0) is 37.3 Å². The van der Waals surface area contributed by atoms with Gasteiger partial charge < -0.3 is 23.8 Å². The molecule has 0 spiro atoms. The van der Waals surface area contributed by atoms with Crippen LogP contribution in [0.25, 0.3) is 0 Å². The smallest absolute Gasteiger partial charge is 0.332 e. The number of esters is 1. The zero-order chi connectivity index (χ0) is 25.9. The second-order valence-corrected chi connectivity index (χ2v) is 10.1. The SMILES string of the molecule is CCOC(=O)COCCOCCOCCN1CCN(C2=Nc3ccccc3Sc3ccc(Cl)cc32)CC1. The molecule has 4 rings (SSSR count). The highest BCUT2D eigenvalue weighted by atomic mass is 35.5. The summed E-state index contributed by atoms with van der Waals surface area (Å²) in [7, 11) is 0. The van der Waals surface area contributed by atoms with E-state index in [0.29, 0.717) is 39.6 Å². The standard InChI is InChI=1S/C27H34ClN3O5S/c1-2-36-26(32)20-35-18-17-34-16-15-33-14-13-30-9-11-31(12-10-30)27-22-19-21(28)7-8-24(22)37-25-6-4-3-5-23(25)29-27/h3-8,19H,2,9-18,20H2,1H3. The zero-order valence-corrected chi connectivity index (χ0v) is 22.8. The fourth-order valence-electron chi connectivity index (χ4n) is 4.11. The third-order valence-corrected chi connectivity index (χ3v) is 7.36. The first kappa shape index (κ1) is 27.9. The number of piperazine rings is 1. The summed E-state index contributed by atoms with van der Waals surface area (Å²) in [5.74, 6) is 0.640. The van der Waals surface area contributed by atoms with Crippen molar-refractivity contribution < 1.29 is 23.7 Å². The minimum absolute atomic E-state index is 0.0409. The number of carbonyl (C=O) groups excluding carboxylic acids is 1. The normalized spacial score (nSPS) is 15.5. The van der Waals surface area contributed by atoms with E-state index in [1.165, 1.54) is 4.90 Å². The molecule has 37 heavy (non-hydrogen) atoms. The van der Waals surface area contributed by atoms with Crippen LogP contribution in [0.3, 0.4) is 0 Å². The van der Waals surface area contributed by atoms with Crippen LogP contribution in [0, 0.1) is 0 Å². The molecule has 2 aliphatic rings. The van der Waals surface area contributed by atoms with E-state index in [1.54, 1.807) is 18.7 Å². The molecular formula is C27H34ClN3O5S. The number of halogens is 1. The lowest BCUT2D eigenvalue weighted by Gasteiger charge is -2.36. The summed E-state index contributed by atoms with van der Waals surface area (Å²) >= 11 is 8.12. The molecule has 0 radical (unpaired) electrons. The number of amidine groups is 1. The predicted octanol–water partition coefficient (Wildman–Crippen LogP) is 4.11. The summed E-state index contributed by atoms with van der Waals surface area (Å²) in [6.45, 7) is 9.11. The fraction of sp³-hybridized carbons (Fsp3) is 0.481. The van der Waals surface area contributed by atoms with Gasteiger partial charge in [-0.2, -0.15) is 0 Å². The summed E-state index contributed by atoms with van der Waals surface area (Å²) in [5.41, 5.74) is 2.09. The molecule has 1 fully saturated rings. The molecule has 10 heteroatoms. The van der Waals surface area contributed by atoms with E-state index in [0.717, 1.165) is 59.7 Å². The van der Waals surface area contributed by atoms with Crippen molar-refractivity contribution in [2.75, 3.05) is 79.0 Å². The molecule has 0 bridgehead atoms. The van der Waals surface area contributed by atoms with E-state index in [9.17, 15) is 4.79 Å². The molecule has 200 valence electrons. The maximum Gasteiger partial charge on any atom is 0.332 e. The number of hydrogen-bond donors (Lipinski definition) is 0. The van der Waals surface area contributed by atoms with Crippen LogP contribution in [0.2, 0.25) is 5.02 Å². The lowest BCUT2D eigenvalue weighted by atomic mass is 10.1. The summed E-state index contributed by atoms with van der Waals surface area (Å²) in [6.07, 6.45) is 0. The molecular weight excluding hydrogens is 514 g/mol. The van der Waals surface area contributed by atoms with Crippen LogP contribution in [0.4, 0.5) is 5.69 Å². The van der Waals surface area contributed by atoms with Crippen molar-refractivity contribution >= 4 is 40.9 Å². The largest absolute Gasteiger partial charge is 0.464 e. The zero-order valence-electron chi connectivity index (χ0n) is 21.2. The molecule has 0 saturated carbocycles. The van der Waals surface area contributed by atoms with Gasteiger partial charge in [-0.1, -0.05) is 35.5 Å². The van der Waals surface area contributed by atoms with E-state index < -0.39 is 0 Å². The van der Waals surface area contributed by atoms with Crippen LogP contribution in [-0.4, -0.2) is 101 Å². The van der Waals surface area contributed by atoms with Gasteiger partial charge >= 0.3 is 5.97 Å². The molecule has 0 unspecified atom stereocenters. The second kappa shape index (κ2) is 14.7. The number of fused-ring (bicyclic) bond motifs is 2. The molecule has 8 nitrogen and oxygen atoms in total. The third-order valence-electron chi connectivity index (χ3n) is 5.99. The van der Waals surface area contributed by atoms with Crippen LogP contribution in [0.5, 0.6) is 0 Å². The first-order valence-electron chi connectivity index (χ1n) is 12.7. The van der Waals surface area contributed by atoms with Gasteiger partial charge in [-0.15, -0.1) is 0 Å². The number of hydrogen-bond acceptors (Lipinski definition) is 9. The van der Waals surface area contributed by atoms with Crippen LogP contribution < -0.4 is 0 Å². The van der Waals surface area contributed by atoms with E-state index >= 15 is 0 Å². The highest BCUT2D eigenvalue weighted by molar-refractivity contribution is 7.99. The maximum atomic E-state index is 11.2. The van der Waals surface area contributed by atoms with E-state index in [1.807, 2.05) is 18.2 Å². The highest BCUT2D eigenvalue weighted by Crippen LogP contribution is 2.41. The van der Waals surface area contributed by atoms with Gasteiger partial charge in [0.25, 0.3) is 0 Å². The van der Waals surface area contributed by atoms with Gasteiger partial charge in [0.15, 0.2) is 0 Å². The Labute approximate surface area is 227 Å². The Morgan fingerprint density at radius 2 is 1.68 bits per heavy atom. The van der Waals surface area contributed by atoms with Crippen molar-refractivity contribution in [2.45, 2.75) is 16.7 Å². The molecule has 0 aliphatic carbocycles. The molecule has 0 aromatic heterocycles. The third kappa shape index (κ3) is 8.43. The second-order valence-electron chi connectivity index (χ2n) is 8.56. The number of carbonyl (C=O) groups is 1.